The molecule has 8 heteroatoms. The number of hydrogen-bond donors (Lipinski definition) is 2. The van der Waals surface area contributed by atoms with Crippen molar-refractivity contribution in [1.82, 2.24) is 10.6 Å². The molecule has 136 valence electrons. The zero-order valence-electron chi connectivity index (χ0n) is 14.3. The number of hydrogen-bond acceptors (Lipinski definition) is 7. The summed E-state index contributed by atoms with van der Waals surface area (Å²) in [4.78, 5) is 25.8. The van der Waals surface area contributed by atoms with Gasteiger partial charge in [0, 0.05) is 35.2 Å². The van der Waals surface area contributed by atoms with E-state index in [1.165, 1.54) is 25.6 Å². The zero-order chi connectivity index (χ0) is 18.4. The lowest BCUT2D eigenvalue weighted by Gasteiger charge is -2.30. The number of thiophene rings is 1. The SMILES string of the molecule is COC(=O)C1=C(C)NC(CNCCCl)=C(C(=O)OC)C1c1cccs1. The number of halogens is 1. The van der Waals surface area contributed by atoms with Gasteiger partial charge in [-0.1, -0.05) is 6.07 Å². The Balaban J connectivity index is 2.56. The number of rotatable bonds is 7. The van der Waals surface area contributed by atoms with Crippen LogP contribution in [0.3, 0.4) is 0 Å². The van der Waals surface area contributed by atoms with E-state index < -0.39 is 17.9 Å². The predicted octanol–water partition coefficient (Wildman–Crippen LogP) is 2.14. The summed E-state index contributed by atoms with van der Waals surface area (Å²) < 4.78 is 9.93. The third-order valence-corrected chi connectivity index (χ3v) is 4.98. The van der Waals surface area contributed by atoms with Crippen molar-refractivity contribution in [3.63, 3.8) is 0 Å². The summed E-state index contributed by atoms with van der Waals surface area (Å²) >= 11 is 7.18. The maximum Gasteiger partial charge on any atom is 0.336 e. The van der Waals surface area contributed by atoms with Crippen molar-refractivity contribution < 1.29 is 19.1 Å². The minimum absolute atomic E-state index is 0.401. The minimum Gasteiger partial charge on any atom is -0.466 e. The van der Waals surface area contributed by atoms with Crippen molar-refractivity contribution in [1.29, 1.82) is 0 Å². The largest absolute Gasteiger partial charge is 0.466 e. The van der Waals surface area contributed by atoms with E-state index in [-0.39, 0.29) is 0 Å². The topological polar surface area (TPSA) is 76.7 Å². The van der Waals surface area contributed by atoms with Gasteiger partial charge in [0.05, 0.1) is 31.3 Å². The molecule has 0 amide bonds. The first-order valence-electron chi connectivity index (χ1n) is 7.72. The lowest BCUT2D eigenvalue weighted by atomic mass is 9.84. The van der Waals surface area contributed by atoms with Crippen LogP contribution in [0.5, 0.6) is 0 Å². The van der Waals surface area contributed by atoms with Gasteiger partial charge in [0.1, 0.15) is 0 Å². The average Bonchev–Trinajstić information content (AvgIpc) is 3.14. The normalized spacial score (nSPS) is 17.4. The van der Waals surface area contributed by atoms with E-state index in [2.05, 4.69) is 10.6 Å². The molecule has 1 aromatic heterocycles. The molecule has 1 atom stereocenters. The van der Waals surface area contributed by atoms with Gasteiger partial charge in [-0.3, -0.25) is 0 Å². The van der Waals surface area contributed by atoms with Gasteiger partial charge in [-0.25, -0.2) is 9.59 Å². The monoisotopic (exact) mass is 384 g/mol. The molecule has 2 rings (SSSR count). The Kier molecular flexibility index (Phi) is 7.04. The summed E-state index contributed by atoms with van der Waals surface area (Å²) in [5.41, 5.74) is 2.13. The van der Waals surface area contributed by atoms with Crippen LogP contribution in [-0.2, 0) is 19.1 Å². The van der Waals surface area contributed by atoms with Crippen molar-refractivity contribution in [2.75, 3.05) is 33.2 Å². The molecular formula is C17H21ClN2O4S. The average molecular weight is 385 g/mol. The Morgan fingerprint density at radius 3 is 2.52 bits per heavy atom. The van der Waals surface area contributed by atoms with Gasteiger partial charge in [-0.15, -0.1) is 22.9 Å². The van der Waals surface area contributed by atoms with Crippen LogP contribution in [0.1, 0.15) is 17.7 Å². The smallest absolute Gasteiger partial charge is 0.336 e. The van der Waals surface area contributed by atoms with Crippen molar-refractivity contribution in [3.05, 3.63) is 44.9 Å². The Labute approximate surface area is 155 Å². The van der Waals surface area contributed by atoms with Crippen LogP contribution in [0.15, 0.2) is 40.1 Å². The fourth-order valence-electron chi connectivity index (χ4n) is 2.79. The lowest BCUT2D eigenvalue weighted by Crippen LogP contribution is -2.36. The number of carbonyl (C=O) groups excluding carboxylic acids is 2. The molecule has 0 aliphatic carbocycles. The molecular weight excluding hydrogens is 364 g/mol. The number of methoxy groups -OCH3 is 2. The number of carbonyl (C=O) groups is 2. The first kappa shape index (κ1) is 19.5. The van der Waals surface area contributed by atoms with Crippen LogP contribution in [0, 0.1) is 0 Å². The van der Waals surface area contributed by atoms with E-state index in [1.54, 1.807) is 6.92 Å². The van der Waals surface area contributed by atoms with Crippen LogP contribution in [-0.4, -0.2) is 45.1 Å². The molecule has 0 saturated carbocycles. The minimum atomic E-state index is -0.533. The fraction of sp³-hybridized carbons (Fsp3) is 0.412. The Bertz CT molecular complexity index is 698. The first-order valence-corrected chi connectivity index (χ1v) is 9.14. The molecule has 0 bridgehead atoms. The van der Waals surface area contributed by atoms with Gasteiger partial charge < -0.3 is 20.1 Å². The quantitative estimate of drug-likeness (QED) is 0.426. The second-order valence-corrected chi connectivity index (χ2v) is 6.71. The molecule has 6 nitrogen and oxygen atoms in total. The number of dihydropyridines is 1. The molecule has 0 saturated heterocycles. The van der Waals surface area contributed by atoms with Crippen LogP contribution >= 0.6 is 22.9 Å². The van der Waals surface area contributed by atoms with Crippen molar-refractivity contribution >= 4 is 34.9 Å². The van der Waals surface area contributed by atoms with E-state index in [0.717, 1.165) is 4.88 Å². The summed E-state index contributed by atoms with van der Waals surface area (Å²) in [5.74, 6) is -1.04. The van der Waals surface area contributed by atoms with Crippen LogP contribution in [0.2, 0.25) is 0 Å². The molecule has 1 aromatic rings. The van der Waals surface area contributed by atoms with Gasteiger partial charge in [0.25, 0.3) is 0 Å². The molecule has 2 N–H and O–H groups in total. The van der Waals surface area contributed by atoms with Gasteiger partial charge in [0.15, 0.2) is 0 Å². The molecule has 0 fully saturated rings. The van der Waals surface area contributed by atoms with Gasteiger partial charge in [-0.05, 0) is 18.4 Å². The highest BCUT2D eigenvalue weighted by molar-refractivity contribution is 7.10. The Morgan fingerprint density at radius 2 is 1.96 bits per heavy atom. The second-order valence-electron chi connectivity index (χ2n) is 5.35. The van der Waals surface area contributed by atoms with Crippen molar-refractivity contribution in [2.45, 2.75) is 12.8 Å². The zero-order valence-corrected chi connectivity index (χ0v) is 15.9. The van der Waals surface area contributed by atoms with Crippen LogP contribution < -0.4 is 10.6 Å². The first-order chi connectivity index (χ1) is 12.0. The molecule has 25 heavy (non-hydrogen) atoms. The molecule has 0 spiro atoms. The Hall–Kier alpha value is -1.83. The Morgan fingerprint density at radius 1 is 1.28 bits per heavy atom. The summed E-state index contributed by atoms with van der Waals surface area (Å²) in [7, 11) is 2.65. The van der Waals surface area contributed by atoms with Gasteiger partial charge in [-0.2, -0.15) is 0 Å². The predicted molar refractivity (Wildman–Crippen MR) is 97.5 cm³/mol. The summed E-state index contributed by atoms with van der Waals surface area (Å²) in [6.45, 7) is 2.80. The highest BCUT2D eigenvalue weighted by Gasteiger charge is 2.38. The summed E-state index contributed by atoms with van der Waals surface area (Å²) in [6.07, 6.45) is 0. The van der Waals surface area contributed by atoms with E-state index in [4.69, 9.17) is 21.1 Å². The van der Waals surface area contributed by atoms with Crippen molar-refractivity contribution in [2.24, 2.45) is 0 Å². The standard InChI is InChI=1S/C17H21ClN2O4S/c1-10-13(16(21)23-2)15(12-5-4-8-25-12)14(17(22)24-3)11(20-10)9-19-7-6-18/h4-5,8,15,19-20H,6-7,9H2,1-3H3. The molecule has 0 radical (unpaired) electrons. The van der Waals surface area contributed by atoms with E-state index in [9.17, 15) is 9.59 Å². The van der Waals surface area contributed by atoms with Gasteiger partial charge >= 0.3 is 11.9 Å². The molecule has 1 aliphatic heterocycles. The number of esters is 2. The third kappa shape index (κ3) is 4.23. The number of alkyl halides is 1. The van der Waals surface area contributed by atoms with Crippen molar-refractivity contribution in [3.8, 4) is 0 Å². The van der Waals surface area contributed by atoms with E-state index >= 15 is 0 Å². The third-order valence-electron chi connectivity index (χ3n) is 3.86. The molecule has 2 heterocycles. The van der Waals surface area contributed by atoms with Crippen LogP contribution in [0.25, 0.3) is 0 Å². The number of allylic oxidation sites excluding steroid dienone is 1. The summed E-state index contributed by atoms with van der Waals surface area (Å²) in [6, 6.07) is 3.77. The molecule has 0 aromatic carbocycles. The van der Waals surface area contributed by atoms with E-state index in [1.807, 2.05) is 17.5 Å². The highest BCUT2D eigenvalue weighted by atomic mass is 35.5. The van der Waals surface area contributed by atoms with Crippen LogP contribution in [0.4, 0.5) is 0 Å². The van der Waals surface area contributed by atoms with E-state index in [0.29, 0.717) is 41.5 Å². The van der Waals surface area contributed by atoms with Gasteiger partial charge in [0.2, 0.25) is 0 Å². The number of ether oxygens (including phenoxy) is 2. The number of nitrogens with one attached hydrogen (secondary N) is 2. The lowest BCUT2D eigenvalue weighted by molar-refractivity contribution is -0.137. The maximum atomic E-state index is 12.5. The molecule has 1 aliphatic rings. The summed E-state index contributed by atoms with van der Waals surface area (Å²) in [5, 5.41) is 8.22. The maximum absolute atomic E-state index is 12.5. The highest BCUT2D eigenvalue weighted by Crippen LogP contribution is 2.40. The molecule has 1 unspecified atom stereocenters. The fourth-order valence-corrected chi connectivity index (χ4v) is 3.76. The second kappa shape index (κ2) is 9.03.